The van der Waals surface area contributed by atoms with E-state index in [9.17, 15) is 14.0 Å². The average molecular weight is 514 g/mol. The van der Waals surface area contributed by atoms with Gasteiger partial charge in [-0.05, 0) is 48.4 Å². The number of H-pyrrole nitrogens is 1. The highest BCUT2D eigenvalue weighted by atomic mass is 19.1. The number of esters is 1. The van der Waals surface area contributed by atoms with Crippen molar-refractivity contribution in [3.05, 3.63) is 107 Å². The topological polar surface area (TPSA) is 108 Å². The molecule has 2 aromatic carbocycles. The van der Waals surface area contributed by atoms with E-state index in [1.807, 2.05) is 31.2 Å². The first-order valence-corrected chi connectivity index (χ1v) is 12.0. The Hall–Kier alpha value is -4.79. The van der Waals surface area contributed by atoms with Crippen LogP contribution in [0.5, 0.6) is 0 Å². The minimum atomic E-state index is -0.419. The first kappa shape index (κ1) is 26.3. The van der Waals surface area contributed by atoms with Crippen LogP contribution in [0.25, 0.3) is 5.57 Å². The first-order valence-electron chi connectivity index (χ1n) is 12.0. The van der Waals surface area contributed by atoms with Crippen molar-refractivity contribution in [2.24, 2.45) is 10.9 Å². The van der Waals surface area contributed by atoms with Gasteiger partial charge in [0.2, 0.25) is 5.91 Å². The normalized spacial score (nSPS) is 16.2. The molecule has 0 bridgehead atoms. The monoisotopic (exact) mass is 513 g/mol. The number of aliphatic imine (C=N–C) groups is 1. The van der Waals surface area contributed by atoms with E-state index in [1.165, 1.54) is 25.3 Å². The molecular formula is C29H28FN5O3. The van der Waals surface area contributed by atoms with Gasteiger partial charge in [-0.1, -0.05) is 43.4 Å². The van der Waals surface area contributed by atoms with E-state index in [-0.39, 0.29) is 24.2 Å². The number of nitrogens with one attached hydrogen (secondary N) is 3. The van der Waals surface area contributed by atoms with Crippen LogP contribution in [0, 0.1) is 11.7 Å². The average Bonchev–Trinajstić information content (AvgIpc) is 3.34. The maximum Gasteiger partial charge on any atom is 0.337 e. The highest BCUT2D eigenvalue weighted by Crippen LogP contribution is 2.31. The van der Waals surface area contributed by atoms with Crippen LogP contribution in [0.3, 0.4) is 0 Å². The summed E-state index contributed by atoms with van der Waals surface area (Å²) in [5, 5.41) is 13.0. The smallest absolute Gasteiger partial charge is 0.337 e. The molecule has 38 heavy (non-hydrogen) atoms. The number of rotatable bonds is 8. The second-order valence-electron chi connectivity index (χ2n) is 8.64. The molecule has 1 atom stereocenters. The van der Waals surface area contributed by atoms with Gasteiger partial charge in [0, 0.05) is 35.2 Å². The zero-order chi connectivity index (χ0) is 27.1. The number of ether oxygens (including phenoxy) is 1. The lowest BCUT2D eigenvalue weighted by molar-refractivity contribution is -0.115. The maximum absolute atomic E-state index is 13.4. The standard InChI is InChI=1S/C29H28FN5O3/c1-4-31-28(25-13-12-21(14-18(25)2)19-8-10-20(11-9-19)29(37)38-3)33-26-16-24(34-35-26)17-27(36)32-23-7-5-6-22(30)15-23/h4-16,18H,17H2,1-3H3,(H,32,36)(H2,33,34,35)/b28-25+,31-4-. The minimum Gasteiger partial charge on any atom is -0.465 e. The summed E-state index contributed by atoms with van der Waals surface area (Å²) >= 11 is 0. The molecular weight excluding hydrogens is 485 g/mol. The Labute approximate surface area is 220 Å². The van der Waals surface area contributed by atoms with E-state index in [0.29, 0.717) is 28.6 Å². The lowest BCUT2D eigenvalue weighted by atomic mass is 9.89. The molecule has 8 nitrogen and oxygen atoms in total. The number of amides is 1. The van der Waals surface area contributed by atoms with Gasteiger partial charge in [-0.25, -0.2) is 14.2 Å². The molecule has 0 spiro atoms. The van der Waals surface area contributed by atoms with Crippen molar-refractivity contribution >= 4 is 35.2 Å². The van der Waals surface area contributed by atoms with Crippen molar-refractivity contribution in [3.8, 4) is 0 Å². The highest BCUT2D eigenvalue weighted by molar-refractivity contribution is 5.92. The van der Waals surface area contributed by atoms with Crippen molar-refractivity contribution in [2.75, 3.05) is 17.7 Å². The van der Waals surface area contributed by atoms with Crippen LogP contribution in [0.2, 0.25) is 0 Å². The van der Waals surface area contributed by atoms with E-state index < -0.39 is 5.82 Å². The van der Waals surface area contributed by atoms with Crippen LogP contribution >= 0.6 is 0 Å². The van der Waals surface area contributed by atoms with Crippen molar-refractivity contribution < 1.29 is 18.7 Å². The van der Waals surface area contributed by atoms with Crippen molar-refractivity contribution in [1.82, 2.24) is 10.2 Å². The molecule has 1 amide bonds. The van der Waals surface area contributed by atoms with Gasteiger partial charge in [-0.15, -0.1) is 0 Å². The molecule has 1 unspecified atom stereocenters. The van der Waals surface area contributed by atoms with Crippen LogP contribution in [-0.4, -0.2) is 35.4 Å². The van der Waals surface area contributed by atoms with E-state index in [1.54, 1.807) is 30.5 Å². The van der Waals surface area contributed by atoms with Gasteiger partial charge in [0.25, 0.3) is 0 Å². The van der Waals surface area contributed by atoms with E-state index >= 15 is 0 Å². The fraction of sp³-hybridized carbons (Fsp3) is 0.172. The molecule has 1 aliphatic rings. The Kier molecular flexibility index (Phi) is 8.27. The molecule has 1 heterocycles. The number of allylic oxidation sites excluding steroid dienone is 5. The molecule has 1 aliphatic carbocycles. The summed E-state index contributed by atoms with van der Waals surface area (Å²) in [4.78, 5) is 28.6. The van der Waals surface area contributed by atoms with Crippen LogP contribution in [0.4, 0.5) is 15.9 Å². The Morgan fingerprint density at radius 1 is 1.13 bits per heavy atom. The summed E-state index contributed by atoms with van der Waals surface area (Å²) in [6.45, 7) is 3.90. The Morgan fingerprint density at radius 3 is 2.61 bits per heavy atom. The third kappa shape index (κ3) is 6.50. The van der Waals surface area contributed by atoms with Gasteiger partial charge in [-0.3, -0.25) is 9.89 Å². The summed E-state index contributed by atoms with van der Waals surface area (Å²) < 4.78 is 18.1. The second-order valence-corrected chi connectivity index (χ2v) is 8.64. The van der Waals surface area contributed by atoms with Crippen molar-refractivity contribution in [1.29, 1.82) is 0 Å². The van der Waals surface area contributed by atoms with Crippen LogP contribution in [-0.2, 0) is 16.0 Å². The fourth-order valence-corrected chi connectivity index (χ4v) is 4.04. The van der Waals surface area contributed by atoms with Gasteiger partial charge in [0.05, 0.1) is 19.1 Å². The molecule has 0 aliphatic heterocycles. The summed E-state index contributed by atoms with van der Waals surface area (Å²) in [6, 6.07) is 14.7. The summed E-state index contributed by atoms with van der Waals surface area (Å²) in [5.74, 6) is 0.104. The molecule has 0 saturated carbocycles. The molecule has 0 saturated heterocycles. The van der Waals surface area contributed by atoms with Crippen molar-refractivity contribution in [2.45, 2.75) is 20.3 Å². The van der Waals surface area contributed by atoms with E-state index in [4.69, 9.17) is 4.74 Å². The van der Waals surface area contributed by atoms with Crippen LogP contribution in [0.1, 0.15) is 35.5 Å². The Morgan fingerprint density at radius 2 is 1.92 bits per heavy atom. The molecule has 194 valence electrons. The van der Waals surface area contributed by atoms with Gasteiger partial charge in [-0.2, -0.15) is 5.10 Å². The fourth-order valence-electron chi connectivity index (χ4n) is 4.04. The number of anilines is 2. The number of nitrogens with zero attached hydrogens (tertiary/aromatic N) is 2. The van der Waals surface area contributed by atoms with Crippen LogP contribution in [0.15, 0.2) is 89.2 Å². The molecule has 3 aromatic rings. The number of carbonyl (C=O) groups is 2. The second kappa shape index (κ2) is 12.0. The molecule has 0 fully saturated rings. The van der Waals surface area contributed by atoms with Crippen molar-refractivity contribution in [3.63, 3.8) is 0 Å². The Bertz CT molecular complexity index is 1450. The molecule has 3 N–H and O–H groups in total. The molecule has 4 rings (SSSR count). The highest BCUT2D eigenvalue weighted by Gasteiger charge is 2.17. The summed E-state index contributed by atoms with van der Waals surface area (Å²) in [6.07, 6.45) is 7.87. The number of aromatic nitrogens is 2. The number of methoxy groups -OCH3 is 1. The molecule has 1 aromatic heterocycles. The minimum absolute atomic E-state index is 0.0388. The van der Waals surface area contributed by atoms with Gasteiger partial charge in [0.1, 0.15) is 11.6 Å². The number of hydrogen-bond donors (Lipinski definition) is 3. The van der Waals surface area contributed by atoms with Gasteiger partial charge >= 0.3 is 5.97 Å². The SMILES string of the molecule is C/C=N\C(Nc1cc(CC(=O)Nc2cccc(F)c2)[nH]n1)=C1\C=CC(c2ccc(C(=O)OC)cc2)=CC1C. The maximum atomic E-state index is 13.4. The number of aromatic amines is 1. The largest absolute Gasteiger partial charge is 0.465 e. The predicted molar refractivity (Wildman–Crippen MR) is 146 cm³/mol. The van der Waals surface area contributed by atoms with Crippen LogP contribution < -0.4 is 10.6 Å². The molecule has 9 heteroatoms. The van der Waals surface area contributed by atoms with E-state index in [0.717, 1.165) is 16.7 Å². The summed E-state index contributed by atoms with van der Waals surface area (Å²) in [5.41, 5.74) is 4.47. The zero-order valence-electron chi connectivity index (χ0n) is 21.3. The number of carbonyl (C=O) groups excluding carboxylic acids is 2. The lowest BCUT2D eigenvalue weighted by Gasteiger charge is -2.19. The van der Waals surface area contributed by atoms with Gasteiger partial charge in [0.15, 0.2) is 5.82 Å². The third-order valence-electron chi connectivity index (χ3n) is 5.87. The number of hydrogen-bond acceptors (Lipinski definition) is 6. The third-order valence-corrected chi connectivity index (χ3v) is 5.87. The number of benzene rings is 2. The molecule has 0 radical (unpaired) electrons. The van der Waals surface area contributed by atoms with E-state index in [2.05, 4.69) is 38.8 Å². The first-order chi connectivity index (χ1) is 18.4. The Balaban J connectivity index is 1.45. The summed E-state index contributed by atoms with van der Waals surface area (Å²) in [7, 11) is 1.36. The zero-order valence-corrected chi connectivity index (χ0v) is 21.3. The number of halogens is 1. The predicted octanol–water partition coefficient (Wildman–Crippen LogP) is 5.52. The van der Waals surface area contributed by atoms with Gasteiger partial charge < -0.3 is 15.4 Å². The lowest BCUT2D eigenvalue weighted by Crippen LogP contribution is -2.14. The quantitative estimate of drug-likeness (QED) is 0.272.